The fourth-order valence-corrected chi connectivity index (χ4v) is 3.91. The zero-order valence-corrected chi connectivity index (χ0v) is 22.8. The molecule has 5 nitrogen and oxygen atoms in total. The molecule has 0 saturated heterocycles. The van der Waals surface area contributed by atoms with Crippen molar-refractivity contribution in [3.05, 3.63) is 12.2 Å². The number of allylic oxidation sites excluding steroid dienone is 2. The molecule has 0 heterocycles. The number of hydrogen-bond acceptors (Lipinski definition) is 4. The van der Waals surface area contributed by atoms with Gasteiger partial charge >= 0.3 is 108 Å². The SMILES string of the molecule is CCCCCCCC/C=C\CCCCCCC[CH2][Na].NCC(N)(CCO)CCC(=O)O. The Morgan fingerprint density at radius 2 is 1.35 bits per heavy atom. The molecule has 6 N–H and O–H groups in total. The molecular formula is C25H51N2NaO3. The number of hydrogen-bond donors (Lipinski definition) is 4. The second-order valence-electron chi connectivity index (χ2n) is 8.87. The van der Waals surface area contributed by atoms with Gasteiger partial charge in [-0.05, 0) is 12.8 Å². The molecule has 0 rings (SSSR count). The Morgan fingerprint density at radius 3 is 1.77 bits per heavy atom. The fourth-order valence-electron chi connectivity index (χ4n) is 3.41. The van der Waals surface area contributed by atoms with E-state index in [1.54, 1.807) is 0 Å². The number of aliphatic hydroxyl groups is 1. The van der Waals surface area contributed by atoms with Crippen LogP contribution >= 0.6 is 0 Å². The predicted octanol–water partition coefficient (Wildman–Crippen LogP) is 5.50. The van der Waals surface area contributed by atoms with Crippen LogP contribution in [0.5, 0.6) is 0 Å². The predicted molar refractivity (Wildman–Crippen MR) is 135 cm³/mol. The molecule has 0 spiro atoms. The molecule has 0 aromatic carbocycles. The van der Waals surface area contributed by atoms with Gasteiger partial charge in [0.15, 0.2) is 0 Å². The summed E-state index contributed by atoms with van der Waals surface area (Å²) >= 11 is 1.40. The largest absolute Gasteiger partial charge is 0.481 e. The summed E-state index contributed by atoms with van der Waals surface area (Å²) in [4.78, 5) is 10.2. The molecule has 180 valence electrons. The van der Waals surface area contributed by atoms with Gasteiger partial charge in [-0.1, -0.05) is 39.0 Å². The minimum atomic E-state index is -0.892. The van der Waals surface area contributed by atoms with Gasteiger partial charge < -0.3 is 21.7 Å². The van der Waals surface area contributed by atoms with E-state index in [0.717, 1.165) is 0 Å². The van der Waals surface area contributed by atoms with Crippen LogP contribution in [0.25, 0.3) is 0 Å². The van der Waals surface area contributed by atoms with E-state index in [2.05, 4.69) is 19.1 Å². The van der Waals surface area contributed by atoms with E-state index in [1.807, 2.05) is 0 Å². The van der Waals surface area contributed by atoms with Crippen molar-refractivity contribution in [1.82, 2.24) is 0 Å². The summed E-state index contributed by atoms with van der Waals surface area (Å²) in [6.45, 7) is 2.42. The molecule has 0 aromatic rings. The number of nitrogens with two attached hydrogens (primary N) is 2. The summed E-state index contributed by atoms with van der Waals surface area (Å²) in [6, 6.07) is 0. The Kier molecular flexibility index (Phi) is 28.3. The molecule has 0 saturated carbocycles. The Balaban J connectivity index is 0. The number of carboxylic acid groups (broad SMARTS) is 1. The Hall–Kier alpha value is 0.0900. The van der Waals surface area contributed by atoms with E-state index in [9.17, 15) is 4.79 Å². The van der Waals surface area contributed by atoms with Gasteiger partial charge in [-0.25, -0.2) is 0 Å². The standard InChI is InChI=1S/C18H35.C7H16N2O3.Na/c1-3-5-7-9-11-13-15-17-18-16-14-12-10-8-6-4-2;8-5-7(9,3-4-10)2-1-6(11)12;/h17-18H,1,3-16H2,2H3;10H,1-5,8-9H2,(H,11,12);/b18-17-;;. The van der Waals surface area contributed by atoms with Crippen LogP contribution in [0.1, 0.15) is 116 Å². The number of carbonyl (C=O) groups is 1. The third-order valence-corrected chi connectivity index (χ3v) is 6.43. The maximum atomic E-state index is 10.2. The van der Waals surface area contributed by atoms with Crippen molar-refractivity contribution in [2.24, 2.45) is 11.5 Å². The molecule has 0 bridgehead atoms. The van der Waals surface area contributed by atoms with Crippen molar-refractivity contribution >= 4 is 33.9 Å². The normalized spacial score (nSPS) is 13.1. The van der Waals surface area contributed by atoms with E-state index in [0.29, 0.717) is 12.8 Å². The monoisotopic (exact) mass is 450 g/mol. The number of aliphatic hydroxyl groups excluding tert-OH is 1. The van der Waals surface area contributed by atoms with Gasteiger partial charge in [0.25, 0.3) is 0 Å². The van der Waals surface area contributed by atoms with Gasteiger partial charge in [0.1, 0.15) is 0 Å². The van der Waals surface area contributed by atoms with Gasteiger partial charge in [0.2, 0.25) is 0 Å². The number of aliphatic carboxylic acids is 1. The number of rotatable bonds is 21. The molecule has 0 amide bonds. The summed E-state index contributed by atoms with van der Waals surface area (Å²) in [7, 11) is 0. The van der Waals surface area contributed by atoms with Gasteiger partial charge in [0, 0.05) is 25.1 Å². The molecule has 0 radical (unpaired) electrons. The molecule has 0 aliphatic carbocycles. The Labute approximate surface area is 210 Å². The maximum Gasteiger partial charge on any atom is 0.303 e. The van der Waals surface area contributed by atoms with Crippen molar-refractivity contribution in [1.29, 1.82) is 0 Å². The first kappa shape index (κ1) is 33.3. The van der Waals surface area contributed by atoms with E-state index in [-0.39, 0.29) is 19.6 Å². The molecular weight excluding hydrogens is 399 g/mol. The molecule has 1 unspecified atom stereocenters. The second kappa shape index (κ2) is 26.3. The first-order valence-electron chi connectivity index (χ1n) is 12.9. The van der Waals surface area contributed by atoms with Crippen molar-refractivity contribution in [2.75, 3.05) is 13.2 Å². The zero-order valence-electron chi connectivity index (χ0n) is 20.8. The molecule has 0 fully saturated rings. The summed E-state index contributed by atoms with van der Waals surface area (Å²) in [5.74, 6) is -0.892. The number of unbranched alkanes of at least 4 members (excludes halogenated alkanes) is 12. The second-order valence-corrected chi connectivity index (χ2v) is 9.87. The van der Waals surface area contributed by atoms with Crippen LogP contribution < -0.4 is 11.5 Å². The number of carboxylic acids is 1. The van der Waals surface area contributed by atoms with Gasteiger partial charge in [-0.15, -0.1) is 0 Å². The molecule has 0 aliphatic heterocycles. The molecule has 31 heavy (non-hydrogen) atoms. The van der Waals surface area contributed by atoms with E-state index >= 15 is 0 Å². The van der Waals surface area contributed by atoms with Crippen LogP contribution in [0.15, 0.2) is 12.2 Å². The summed E-state index contributed by atoms with van der Waals surface area (Å²) in [5, 5.41) is 17.0. The van der Waals surface area contributed by atoms with E-state index in [4.69, 9.17) is 21.7 Å². The van der Waals surface area contributed by atoms with Gasteiger partial charge in [0.05, 0.1) is 0 Å². The fraction of sp³-hybridized carbons (Fsp3) is 0.880. The summed E-state index contributed by atoms with van der Waals surface area (Å²) in [6.07, 6.45) is 25.4. The van der Waals surface area contributed by atoms with Crippen molar-refractivity contribution in [3.63, 3.8) is 0 Å². The molecule has 0 aliphatic rings. The van der Waals surface area contributed by atoms with Gasteiger partial charge in [-0.3, -0.25) is 4.79 Å². The average Bonchev–Trinajstić information content (AvgIpc) is 2.76. The molecule has 6 heteroatoms. The summed E-state index contributed by atoms with van der Waals surface area (Å²) < 4.78 is 1.50. The average molecular weight is 451 g/mol. The first-order chi connectivity index (χ1) is 15.0. The van der Waals surface area contributed by atoms with E-state index < -0.39 is 11.5 Å². The topological polar surface area (TPSA) is 110 Å². The van der Waals surface area contributed by atoms with Crippen LogP contribution in [0, 0.1) is 0 Å². The maximum absolute atomic E-state index is 10.2. The zero-order chi connectivity index (χ0) is 23.6. The van der Waals surface area contributed by atoms with Crippen molar-refractivity contribution < 1.29 is 15.0 Å². The van der Waals surface area contributed by atoms with Crippen LogP contribution in [0.4, 0.5) is 0 Å². The van der Waals surface area contributed by atoms with Crippen molar-refractivity contribution in [2.45, 2.75) is 125 Å². The first-order valence-corrected chi connectivity index (χ1v) is 14.3. The smallest absolute Gasteiger partial charge is 0.303 e. The third-order valence-electron chi connectivity index (χ3n) is 5.72. The molecule has 1 atom stereocenters. The Morgan fingerprint density at radius 1 is 0.871 bits per heavy atom. The quantitative estimate of drug-likeness (QED) is 0.105. The van der Waals surface area contributed by atoms with E-state index in [1.165, 1.54) is 121 Å². The van der Waals surface area contributed by atoms with Crippen LogP contribution in [0.3, 0.4) is 0 Å². The van der Waals surface area contributed by atoms with Crippen LogP contribution in [-0.4, -0.2) is 62.8 Å². The van der Waals surface area contributed by atoms with Gasteiger partial charge in [-0.2, -0.15) is 0 Å². The minimum Gasteiger partial charge on any atom is -0.481 e. The third kappa shape index (κ3) is 28.1. The van der Waals surface area contributed by atoms with Crippen LogP contribution in [0.2, 0.25) is 3.67 Å². The summed E-state index contributed by atoms with van der Waals surface area (Å²) in [5.41, 5.74) is 10.3. The Bertz CT molecular complexity index is 408. The molecule has 0 aromatic heterocycles. The minimum absolute atomic E-state index is 0.00625. The van der Waals surface area contributed by atoms with Crippen molar-refractivity contribution in [3.8, 4) is 0 Å². The van der Waals surface area contributed by atoms with Crippen LogP contribution in [-0.2, 0) is 4.79 Å².